The summed E-state index contributed by atoms with van der Waals surface area (Å²) in [7, 11) is -3.87. The molecule has 1 aliphatic carbocycles. The summed E-state index contributed by atoms with van der Waals surface area (Å²) in [5, 5.41) is 1.70. The highest BCUT2D eigenvalue weighted by molar-refractivity contribution is 7.90. The van der Waals surface area contributed by atoms with Crippen molar-refractivity contribution in [2.45, 2.75) is 4.90 Å². The molecule has 2 aromatic carbocycles. The Morgan fingerprint density at radius 1 is 0.955 bits per heavy atom. The topological polar surface area (TPSA) is 63.6 Å². The first-order valence-corrected chi connectivity index (χ1v) is 8.21. The predicted octanol–water partition coefficient (Wildman–Crippen LogP) is 3.23. The highest BCUT2D eigenvalue weighted by Gasteiger charge is 2.16. The molecule has 4 nitrogen and oxygen atoms in total. The number of rotatable bonds is 2. The summed E-state index contributed by atoms with van der Waals surface area (Å²) in [5.41, 5.74) is 0.123. The van der Waals surface area contributed by atoms with E-state index in [1.807, 2.05) is 24.3 Å². The van der Waals surface area contributed by atoms with Gasteiger partial charge in [-0.2, -0.15) is 12.8 Å². The molecule has 0 aromatic heterocycles. The molecule has 0 bridgehead atoms. The molecular weight excluding hydrogens is 322 g/mol. The zero-order valence-corrected chi connectivity index (χ0v) is 12.8. The van der Waals surface area contributed by atoms with Gasteiger partial charge in [0, 0.05) is 0 Å². The van der Waals surface area contributed by atoms with Crippen LogP contribution in [0.25, 0.3) is 10.8 Å². The molecule has 0 atom stereocenters. The second-order valence-corrected chi connectivity index (χ2v) is 6.70. The molecule has 0 saturated heterocycles. The number of carbonyl (C=O) groups is 1. The van der Waals surface area contributed by atoms with Gasteiger partial charge in [-0.15, -0.1) is 0 Å². The zero-order chi connectivity index (χ0) is 15.7. The Labute approximate surface area is 132 Å². The normalized spacial score (nSPS) is 17.0. The molecule has 110 valence electrons. The van der Waals surface area contributed by atoms with Crippen molar-refractivity contribution in [2.75, 3.05) is 0 Å². The summed E-state index contributed by atoms with van der Waals surface area (Å²) in [6.45, 7) is 0. The highest BCUT2D eigenvalue weighted by Crippen LogP contribution is 2.21. The quantitative estimate of drug-likeness (QED) is 0.794. The third-order valence-electron chi connectivity index (χ3n) is 3.16. The van der Waals surface area contributed by atoms with E-state index in [2.05, 4.69) is 4.40 Å². The lowest BCUT2D eigenvalue weighted by atomic mass is 10.1. The molecule has 0 saturated carbocycles. The third kappa shape index (κ3) is 2.86. The lowest BCUT2D eigenvalue weighted by Crippen LogP contribution is -2.07. The maximum absolute atomic E-state index is 12.4. The van der Waals surface area contributed by atoms with E-state index in [1.165, 1.54) is 24.3 Å². The number of nitrogens with zero attached hydrogens (tertiary/aromatic N) is 1. The predicted molar refractivity (Wildman–Crippen MR) is 86.7 cm³/mol. The van der Waals surface area contributed by atoms with Gasteiger partial charge in [-0.1, -0.05) is 41.9 Å². The van der Waals surface area contributed by atoms with Crippen LogP contribution in [-0.2, 0) is 14.8 Å². The fourth-order valence-corrected chi connectivity index (χ4v) is 3.25. The summed E-state index contributed by atoms with van der Waals surface area (Å²) in [5.74, 6) is -0.372. The molecule has 0 spiro atoms. The van der Waals surface area contributed by atoms with E-state index in [4.69, 9.17) is 11.6 Å². The van der Waals surface area contributed by atoms with E-state index >= 15 is 0 Å². The maximum Gasteiger partial charge on any atom is 0.282 e. The van der Waals surface area contributed by atoms with E-state index < -0.39 is 10.0 Å². The van der Waals surface area contributed by atoms with Crippen LogP contribution in [0.3, 0.4) is 0 Å². The molecule has 0 heterocycles. The molecule has 0 aliphatic heterocycles. The first-order chi connectivity index (χ1) is 10.5. The molecule has 6 heteroatoms. The number of halogens is 1. The SMILES string of the molecule is O=C1C=C/C(=N/S(=O)(=O)c2ccc3ccccc3c2)C=C1Cl. The zero-order valence-electron chi connectivity index (χ0n) is 11.2. The molecule has 3 rings (SSSR count). The number of benzene rings is 2. The Bertz CT molecular complexity index is 972. The second-order valence-electron chi connectivity index (χ2n) is 4.69. The van der Waals surface area contributed by atoms with Gasteiger partial charge in [-0.05, 0) is 41.1 Å². The Hall–Kier alpha value is -2.24. The molecule has 22 heavy (non-hydrogen) atoms. The average Bonchev–Trinajstić information content (AvgIpc) is 2.50. The van der Waals surface area contributed by atoms with Gasteiger partial charge in [0.15, 0.2) is 5.78 Å². The monoisotopic (exact) mass is 331 g/mol. The number of hydrogen-bond acceptors (Lipinski definition) is 3. The molecule has 0 N–H and O–H groups in total. The number of carbonyl (C=O) groups excluding carboxylic acids is 1. The third-order valence-corrected chi connectivity index (χ3v) is 4.76. The van der Waals surface area contributed by atoms with Gasteiger partial charge in [-0.25, -0.2) is 0 Å². The number of ketones is 1. The van der Waals surface area contributed by atoms with Crippen molar-refractivity contribution in [2.24, 2.45) is 4.40 Å². The van der Waals surface area contributed by atoms with Gasteiger partial charge in [0.1, 0.15) is 0 Å². The lowest BCUT2D eigenvalue weighted by molar-refractivity contribution is -0.110. The van der Waals surface area contributed by atoms with Gasteiger partial charge in [-0.3, -0.25) is 4.79 Å². The maximum atomic E-state index is 12.4. The first-order valence-electron chi connectivity index (χ1n) is 6.39. The van der Waals surface area contributed by atoms with Crippen molar-refractivity contribution in [3.63, 3.8) is 0 Å². The Morgan fingerprint density at radius 2 is 1.68 bits per heavy atom. The first kappa shape index (κ1) is 14.7. The van der Waals surface area contributed by atoms with Crippen LogP contribution >= 0.6 is 11.6 Å². The summed E-state index contributed by atoms with van der Waals surface area (Å²) in [4.78, 5) is 11.3. The van der Waals surface area contributed by atoms with E-state index in [9.17, 15) is 13.2 Å². The Balaban J connectivity index is 2.05. The molecule has 1 aliphatic rings. The van der Waals surface area contributed by atoms with Crippen LogP contribution in [0.15, 0.2) is 75.0 Å². The minimum Gasteiger partial charge on any atom is -0.288 e. The van der Waals surface area contributed by atoms with E-state index in [-0.39, 0.29) is 21.4 Å². The lowest BCUT2D eigenvalue weighted by Gasteiger charge is -2.05. The minimum atomic E-state index is -3.87. The standard InChI is InChI=1S/C16H10ClNO3S/c17-15-10-13(6-8-16(15)19)18-22(20,21)14-7-5-11-3-1-2-4-12(11)9-14/h1-10H/b18-13-. The molecule has 2 aromatic rings. The summed E-state index contributed by atoms with van der Waals surface area (Å²) < 4.78 is 28.4. The van der Waals surface area contributed by atoms with Gasteiger partial charge in [0.05, 0.1) is 15.6 Å². The fraction of sp³-hybridized carbons (Fsp3) is 0. The molecule has 0 radical (unpaired) electrons. The van der Waals surface area contributed by atoms with Crippen molar-refractivity contribution in [3.8, 4) is 0 Å². The Kier molecular flexibility index (Phi) is 3.68. The van der Waals surface area contributed by atoms with Crippen LogP contribution in [-0.4, -0.2) is 19.9 Å². The number of fused-ring (bicyclic) bond motifs is 1. The van der Waals surface area contributed by atoms with Gasteiger partial charge in [0.2, 0.25) is 0 Å². The Morgan fingerprint density at radius 3 is 2.41 bits per heavy atom. The van der Waals surface area contributed by atoms with E-state index in [0.29, 0.717) is 0 Å². The summed E-state index contributed by atoms with van der Waals surface area (Å²) in [6, 6.07) is 12.2. The van der Waals surface area contributed by atoms with Gasteiger partial charge < -0.3 is 0 Å². The molecule has 0 fully saturated rings. The van der Waals surface area contributed by atoms with Crippen LogP contribution < -0.4 is 0 Å². The fourth-order valence-electron chi connectivity index (χ4n) is 2.07. The molecular formula is C16H10ClNO3S. The van der Waals surface area contributed by atoms with Crippen LogP contribution in [0.5, 0.6) is 0 Å². The molecule has 0 unspecified atom stereocenters. The largest absolute Gasteiger partial charge is 0.288 e. The number of allylic oxidation sites excluding steroid dienone is 4. The average molecular weight is 332 g/mol. The summed E-state index contributed by atoms with van der Waals surface area (Å²) >= 11 is 5.70. The number of hydrogen-bond donors (Lipinski definition) is 0. The van der Waals surface area contributed by atoms with Gasteiger partial charge >= 0.3 is 0 Å². The minimum absolute atomic E-state index is 0.0602. The van der Waals surface area contributed by atoms with Crippen molar-refractivity contribution in [1.82, 2.24) is 0 Å². The summed E-state index contributed by atoms with van der Waals surface area (Å²) in [6.07, 6.45) is 3.76. The van der Waals surface area contributed by atoms with Crippen LogP contribution in [0.2, 0.25) is 0 Å². The molecule has 0 amide bonds. The van der Waals surface area contributed by atoms with Crippen molar-refractivity contribution < 1.29 is 13.2 Å². The smallest absolute Gasteiger partial charge is 0.282 e. The van der Waals surface area contributed by atoms with Crippen LogP contribution in [0.1, 0.15) is 0 Å². The van der Waals surface area contributed by atoms with Crippen molar-refractivity contribution in [3.05, 3.63) is 65.7 Å². The van der Waals surface area contributed by atoms with E-state index in [1.54, 1.807) is 12.1 Å². The van der Waals surface area contributed by atoms with Crippen molar-refractivity contribution in [1.29, 1.82) is 0 Å². The second kappa shape index (κ2) is 5.51. The highest BCUT2D eigenvalue weighted by atomic mass is 35.5. The van der Waals surface area contributed by atoms with Crippen LogP contribution in [0.4, 0.5) is 0 Å². The van der Waals surface area contributed by atoms with Gasteiger partial charge in [0.25, 0.3) is 10.0 Å². The van der Waals surface area contributed by atoms with E-state index in [0.717, 1.165) is 10.8 Å². The number of sulfonamides is 1. The van der Waals surface area contributed by atoms with Crippen LogP contribution in [0, 0.1) is 0 Å². The van der Waals surface area contributed by atoms with Crippen molar-refractivity contribution >= 4 is 43.9 Å².